The van der Waals surface area contributed by atoms with E-state index in [2.05, 4.69) is 20.2 Å². The molecule has 0 spiro atoms. The van der Waals surface area contributed by atoms with E-state index in [-0.39, 0.29) is 10.6 Å². The van der Waals surface area contributed by atoms with E-state index in [0.717, 1.165) is 18.8 Å². The van der Waals surface area contributed by atoms with Crippen LogP contribution < -0.4 is 10.2 Å². The van der Waals surface area contributed by atoms with E-state index in [1.165, 1.54) is 12.3 Å². The molecule has 7 heteroatoms. The van der Waals surface area contributed by atoms with Crippen LogP contribution in [0.25, 0.3) is 0 Å². The molecule has 0 aliphatic carbocycles. The van der Waals surface area contributed by atoms with E-state index < -0.39 is 19.1 Å². The number of hydrogen-bond acceptors (Lipinski definition) is 6. The van der Waals surface area contributed by atoms with Crippen LogP contribution in [0.2, 0.25) is 5.02 Å². The molecule has 0 unspecified atom stereocenters. The topological polar surface area (TPSA) is 67.4 Å². The number of pyridine rings is 2. The lowest BCUT2D eigenvalue weighted by atomic mass is 10.1. The van der Waals surface area contributed by atoms with E-state index >= 15 is 0 Å². The number of carbonyl (C=O) groups is 1. The molecule has 1 aliphatic heterocycles. The Morgan fingerprint density at radius 3 is 2.79 bits per heavy atom. The third-order valence-corrected chi connectivity index (χ3v) is 4.01. The zero-order valence-corrected chi connectivity index (χ0v) is 13.7. The minimum absolute atomic E-state index is 0.0916. The number of nitrogens with one attached hydrogen (secondary N) is 1. The molecule has 126 valence electrons. The second kappa shape index (κ2) is 7.59. The average molecular weight is 350 g/mol. The number of anilines is 3. The first-order valence-electron chi connectivity index (χ1n) is 9.06. The Morgan fingerprint density at radius 1 is 1.33 bits per heavy atom. The van der Waals surface area contributed by atoms with Gasteiger partial charge < -0.3 is 15.0 Å². The molecule has 2 aromatic heterocycles. The van der Waals surface area contributed by atoms with Gasteiger partial charge in [0.2, 0.25) is 0 Å². The van der Waals surface area contributed by atoms with Crippen LogP contribution in [0.4, 0.5) is 17.3 Å². The second-order valence-corrected chi connectivity index (χ2v) is 5.68. The molecule has 24 heavy (non-hydrogen) atoms. The maximum Gasteiger partial charge on any atom is 0.165 e. The Balaban J connectivity index is 1.67. The van der Waals surface area contributed by atoms with E-state index in [9.17, 15) is 4.79 Å². The van der Waals surface area contributed by atoms with E-state index in [4.69, 9.17) is 20.5 Å². The monoisotopic (exact) mass is 349 g/mol. The van der Waals surface area contributed by atoms with Crippen LogP contribution in [0.1, 0.15) is 27.7 Å². The minimum atomic E-state index is -2.34. The van der Waals surface area contributed by atoms with E-state index in [1.807, 2.05) is 12.1 Å². The van der Waals surface area contributed by atoms with Crippen molar-refractivity contribution < 1.29 is 13.6 Å². The number of ether oxygens (including phenoxy) is 1. The highest BCUT2D eigenvalue weighted by molar-refractivity contribution is 6.34. The van der Waals surface area contributed by atoms with Gasteiger partial charge in [0, 0.05) is 35.9 Å². The van der Waals surface area contributed by atoms with Crippen LogP contribution in [0.15, 0.2) is 30.6 Å². The quantitative estimate of drug-likeness (QED) is 0.835. The molecule has 0 radical (unpaired) electrons. The predicted molar refractivity (Wildman–Crippen MR) is 94.4 cm³/mol. The number of ketones is 1. The molecule has 3 heterocycles. The molecule has 2 aromatic rings. The fourth-order valence-corrected chi connectivity index (χ4v) is 2.66. The van der Waals surface area contributed by atoms with Crippen molar-refractivity contribution in [2.45, 2.75) is 13.3 Å². The van der Waals surface area contributed by atoms with Gasteiger partial charge in [-0.1, -0.05) is 18.5 Å². The molecule has 1 saturated heterocycles. The smallest absolute Gasteiger partial charge is 0.165 e. The first-order chi connectivity index (χ1) is 12.8. The summed E-state index contributed by atoms with van der Waals surface area (Å²) < 4.78 is 26.9. The highest BCUT2D eigenvalue weighted by atomic mass is 35.5. The lowest BCUT2D eigenvalue weighted by Gasteiger charge is -2.28. The summed E-state index contributed by atoms with van der Waals surface area (Å²) in [5, 5.41) is 3.16. The van der Waals surface area contributed by atoms with Gasteiger partial charge >= 0.3 is 0 Å². The van der Waals surface area contributed by atoms with E-state index in [1.54, 1.807) is 6.20 Å². The number of halogens is 1. The Morgan fingerprint density at radius 2 is 2.12 bits per heavy atom. The molecule has 3 rings (SSSR count). The molecular weight excluding hydrogens is 328 g/mol. The molecule has 1 aliphatic rings. The van der Waals surface area contributed by atoms with Crippen molar-refractivity contribution in [2.24, 2.45) is 0 Å². The molecule has 1 N–H and O–H groups in total. The summed E-state index contributed by atoms with van der Waals surface area (Å²) in [6.45, 7) is 0.725. The number of morpholine rings is 1. The van der Waals surface area contributed by atoms with Crippen molar-refractivity contribution in [3.8, 4) is 0 Å². The molecular formula is C17H19ClN4O2. The van der Waals surface area contributed by atoms with Crippen LogP contribution in [0, 0.1) is 0 Å². The summed E-state index contributed by atoms with van der Waals surface area (Å²) >= 11 is 6.12. The number of nitrogens with zero attached hydrogens (tertiary/aromatic N) is 3. The van der Waals surface area contributed by atoms with Gasteiger partial charge in [0.15, 0.2) is 5.78 Å². The summed E-state index contributed by atoms with van der Waals surface area (Å²) in [4.78, 5) is 22.7. The second-order valence-electron chi connectivity index (χ2n) is 5.28. The van der Waals surface area contributed by atoms with Crippen LogP contribution >= 0.6 is 11.6 Å². The zero-order valence-electron chi connectivity index (χ0n) is 16.0. The Hall–Kier alpha value is -2.18. The first kappa shape index (κ1) is 13.1. The third-order valence-electron chi connectivity index (χ3n) is 3.69. The Bertz CT molecular complexity index is 809. The first-order valence-corrected chi connectivity index (χ1v) is 7.94. The zero-order chi connectivity index (χ0) is 19.4. The molecule has 0 bridgehead atoms. The maximum absolute atomic E-state index is 12.0. The summed E-state index contributed by atoms with van der Waals surface area (Å²) in [5.41, 5.74) is 1.11. The predicted octanol–water partition coefficient (Wildman–Crippen LogP) is 3.30. The summed E-state index contributed by atoms with van der Waals surface area (Å²) in [7, 11) is 0. The Labute approximate surface area is 150 Å². The van der Waals surface area contributed by atoms with Crippen molar-refractivity contribution >= 4 is 34.7 Å². The fourth-order valence-electron chi connectivity index (χ4n) is 2.40. The van der Waals surface area contributed by atoms with Gasteiger partial charge in [-0.2, -0.15) is 0 Å². The molecule has 0 aromatic carbocycles. The van der Waals surface area contributed by atoms with Crippen LogP contribution in [-0.4, -0.2) is 42.1 Å². The highest BCUT2D eigenvalue weighted by Crippen LogP contribution is 2.23. The van der Waals surface area contributed by atoms with Crippen molar-refractivity contribution in [3.05, 3.63) is 41.2 Å². The molecule has 6 nitrogen and oxygen atoms in total. The maximum atomic E-state index is 12.0. The third kappa shape index (κ3) is 3.83. The molecule has 1 fully saturated rings. The average Bonchev–Trinajstić information content (AvgIpc) is 2.61. The lowest BCUT2D eigenvalue weighted by molar-refractivity contribution is 0.0988. The number of Topliss-reactive ketones (excluding diaryl/α,β-unsaturated/α-hetero) is 1. The summed E-state index contributed by atoms with van der Waals surface area (Å²) in [6, 6.07) is 5.26. The van der Waals surface area contributed by atoms with Gasteiger partial charge in [0.1, 0.15) is 11.6 Å². The van der Waals surface area contributed by atoms with Gasteiger partial charge in [-0.25, -0.2) is 9.97 Å². The highest BCUT2D eigenvalue weighted by Gasteiger charge is 2.12. The van der Waals surface area contributed by atoms with Crippen molar-refractivity contribution in [2.75, 3.05) is 36.5 Å². The van der Waals surface area contributed by atoms with Gasteiger partial charge in [-0.05, 0) is 12.1 Å². The van der Waals surface area contributed by atoms with Gasteiger partial charge in [0.25, 0.3) is 0 Å². The Kier molecular flexibility index (Phi) is 4.16. The van der Waals surface area contributed by atoms with Gasteiger partial charge in [-0.15, -0.1) is 0 Å². The van der Waals surface area contributed by atoms with Crippen molar-refractivity contribution in [3.63, 3.8) is 0 Å². The van der Waals surface area contributed by atoms with Crippen LogP contribution in [0.3, 0.4) is 0 Å². The fraction of sp³-hybridized carbons (Fsp3) is 0.353. The summed E-state index contributed by atoms with van der Waals surface area (Å²) in [5.74, 6) is 0.432. The van der Waals surface area contributed by atoms with Crippen molar-refractivity contribution in [1.29, 1.82) is 0 Å². The summed E-state index contributed by atoms with van der Waals surface area (Å²) in [6.07, 6.45) is 2.47. The number of aromatic nitrogens is 2. The number of rotatable bonds is 5. The van der Waals surface area contributed by atoms with Crippen LogP contribution in [-0.2, 0) is 4.74 Å². The largest absolute Gasteiger partial charge is 0.378 e. The number of carbonyl (C=O) groups excluding carboxylic acids is 1. The molecule has 0 amide bonds. The number of hydrogen-bond donors (Lipinski definition) is 1. The normalized spacial score (nSPS) is 16.9. The van der Waals surface area contributed by atoms with Crippen molar-refractivity contribution in [1.82, 2.24) is 9.97 Å². The standard InChI is InChI=1S/C17H19ClN4O2/c1-2-15(23)13-11-20-17(9-14(13)18)21-16-4-3-12(10-19-16)22-5-7-24-8-6-22/h3-4,9-11H,2,5-8H2,1H3,(H,19,20,21)/i1D3. The SMILES string of the molecule is [2H]C([2H])([2H])CC(=O)c1cnc(Nc2ccc(N3CCOCC3)cn2)cc1Cl. The van der Waals surface area contributed by atoms with Gasteiger partial charge in [-0.3, -0.25) is 4.79 Å². The minimum Gasteiger partial charge on any atom is -0.378 e. The van der Waals surface area contributed by atoms with E-state index in [0.29, 0.717) is 24.8 Å². The van der Waals surface area contributed by atoms with Crippen LogP contribution in [0.5, 0.6) is 0 Å². The molecule has 0 atom stereocenters. The lowest BCUT2D eigenvalue weighted by Crippen LogP contribution is -2.36. The van der Waals surface area contributed by atoms with Gasteiger partial charge in [0.05, 0.1) is 35.7 Å². The molecule has 0 saturated carbocycles.